The molecule has 19 heavy (non-hydrogen) atoms. The Hall–Kier alpha value is -1.75. The SMILES string of the molecule is FC(F)(F)c1ccc(Oc2cnccc2CCl)cc1. The summed E-state index contributed by atoms with van der Waals surface area (Å²) in [6.07, 6.45) is -1.32. The van der Waals surface area contributed by atoms with Crippen molar-refractivity contribution in [1.82, 2.24) is 4.98 Å². The summed E-state index contributed by atoms with van der Waals surface area (Å²) in [5.74, 6) is 0.961. The van der Waals surface area contributed by atoms with Crippen LogP contribution >= 0.6 is 11.6 Å². The molecule has 0 bridgehead atoms. The van der Waals surface area contributed by atoms with Crippen molar-refractivity contribution in [3.05, 3.63) is 53.9 Å². The second-order valence-corrected chi connectivity index (χ2v) is 4.01. The monoisotopic (exact) mass is 287 g/mol. The van der Waals surface area contributed by atoms with Crippen LogP contribution in [0.3, 0.4) is 0 Å². The minimum Gasteiger partial charge on any atom is -0.455 e. The molecule has 0 spiro atoms. The van der Waals surface area contributed by atoms with Gasteiger partial charge in [-0.3, -0.25) is 4.98 Å². The lowest BCUT2D eigenvalue weighted by molar-refractivity contribution is -0.137. The van der Waals surface area contributed by atoms with Gasteiger partial charge in [0.05, 0.1) is 17.6 Å². The van der Waals surface area contributed by atoms with E-state index in [1.54, 1.807) is 12.3 Å². The van der Waals surface area contributed by atoms with Gasteiger partial charge < -0.3 is 4.74 Å². The summed E-state index contributed by atoms with van der Waals surface area (Å²) in [5.41, 5.74) is 0.000156. The molecule has 0 fully saturated rings. The molecule has 0 saturated heterocycles. The van der Waals surface area contributed by atoms with Crippen molar-refractivity contribution in [1.29, 1.82) is 0 Å². The van der Waals surface area contributed by atoms with Gasteiger partial charge in [-0.2, -0.15) is 13.2 Å². The number of alkyl halides is 4. The molecule has 1 heterocycles. The molecule has 2 aromatic rings. The molecule has 0 amide bonds. The van der Waals surface area contributed by atoms with Gasteiger partial charge in [0, 0.05) is 11.8 Å². The fourth-order valence-electron chi connectivity index (χ4n) is 1.45. The Bertz CT molecular complexity index is 555. The lowest BCUT2D eigenvalue weighted by Gasteiger charge is -2.10. The van der Waals surface area contributed by atoms with E-state index in [1.807, 2.05) is 0 Å². The first-order valence-corrected chi connectivity index (χ1v) is 5.88. The maximum atomic E-state index is 12.4. The van der Waals surface area contributed by atoms with Crippen LogP contribution in [0.1, 0.15) is 11.1 Å². The van der Waals surface area contributed by atoms with Crippen LogP contribution in [0.15, 0.2) is 42.7 Å². The molecule has 100 valence electrons. The number of ether oxygens (including phenoxy) is 1. The average molecular weight is 288 g/mol. The molecule has 0 unspecified atom stereocenters. The highest BCUT2D eigenvalue weighted by atomic mass is 35.5. The van der Waals surface area contributed by atoms with Crippen molar-refractivity contribution in [2.45, 2.75) is 12.1 Å². The van der Waals surface area contributed by atoms with E-state index in [2.05, 4.69) is 4.98 Å². The fraction of sp³-hybridized carbons (Fsp3) is 0.154. The number of benzene rings is 1. The Morgan fingerprint density at radius 3 is 2.37 bits per heavy atom. The molecular weight excluding hydrogens is 279 g/mol. The van der Waals surface area contributed by atoms with Crippen molar-refractivity contribution >= 4 is 11.6 Å². The third kappa shape index (κ3) is 3.38. The van der Waals surface area contributed by atoms with Crippen molar-refractivity contribution in [3.8, 4) is 11.5 Å². The molecule has 2 rings (SSSR count). The third-order valence-electron chi connectivity index (χ3n) is 2.42. The van der Waals surface area contributed by atoms with Crippen LogP contribution in [-0.4, -0.2) is 4.98 Å². The lowest BCUT2D eigenvalue weighted by atomic mass is 10.2. The van der Waals surface area contributed by atoms with E-state index in [4.69, 9.17) is 16.3 Å². The minimum absolute atomic E-state index is 0.235. The highest BCUT2D eigenvalue weighted by Crippen LogP contribution is 2.32. The van der Waals surface area contributed by atoms with Crippen LogP contribution in [-0.2, 0) is 12.1 Å². The van der Waals surface area contributed by atoms with Crippen LogP contribution in [0.25, 0.3) is 0 Å². The number of halogens is 4. The number of pyridine rings is 1. The van der Waals surface area contributed by atoms with E-state index < -0.39 is 11.7 Å². The Morgan fingerprint density at radius 1 is 1.11 bits per heavy atom. The van der Waals surface area contributed by atoms with Crippen molar-refractivity contribution in [3.63, 3.8) is 0 Å². The summed E-state index contributed by atoms with van der Waals surface area (Å²) in [5, 5.41) is 0. The molecular formula is C13H9ClF3NO. The summed E-state index contributed by atoms with van der Waals surface area (Å²) < 4.78 is 42.6. The van der Waals surface area contributed by atoms with E-state index in [1.165, 1.54) is 18.3 Å². The first-order valence-electron chi connectivity index (χ1n) is 5.34. The molecule has 1 aromatic heterocycles. The lowest BCUT2D eigenvalue weighted by Crippen LogP contribution is -2.04. The maximum Gasteiger partial charge on any atom is 0.416 e. The van der Waals surface area contributed by atoms with Gasteiger partial charge in [0.15, 0.2) is 0 Å². The molecule has 0 saturated carbocycles. The number of hydrogen-bond donors (Lipinski definition) is 0. The Kier molecular flexibility index (Phi) is 3.95. The van der Waals surface area contributed by atoms with Crippen molar-refractivity contribution in [2.75, 3.05) is 0 Å². The molecule has 6 heteroatoms. The van der Waals surface area contributed by atoms with Gasteiger partial charge in [-0.1, -0.05) is 0 Å². The molecule has 1 aromatic carbocycles. The third-order valence-corrected chi connectivity index (χ3v) is 2.71. The maximum absolute atomic E-state index is 12.4. The quantitative estimate of drug-likeness (QED) is 0.768. The van der Waals surface area contributed by atoms with E-state index in [-0.39, 0.29) is 5.88 Å². The van der Waals surface area contributed by atoms with Crippen LogP contribution in [0.5, 0.6) is 11.5 Å². The number of rotatable bonds is 3. The topological polar surface area (TPSA) is 22.1 Å². The van der Waals surface area contributed by atoms with Gasteiger partial charge in [0.25, 0.3) is 0 Å². The second kappa shape index (κ2) is 5.48. The molecule has 0 atom stereocenters. The zero-order chi connectivity index (χ0) is 13.9. The largest absolute Gasteiger partial charge is 0.455 e. The number of hydrogen-bond acceptors (Lipinski definition) is 2. The molecule has 0 radical (unpaired) electrons. The van der Waals surface area contributed by atoms with E-state index in [0.717, 1.165) is 17.7 Å². The summed E-state index contributed by atoms with van der Waals surface area (Å²) in [6.45, 7) is 0. The highest BCUT2D eigenvalue weighted by molar-refractivity contribution is 6.17. The van der Waals surface area contributed by atoms with Gasteiger partial charge >= 0.3 is 6.18 Å². The zero-order valence-corrected chi connectivity index (χ0v) is 10.4. The number of aromatic nitrogens is 1. The van der Waals surface area contributed by atoms with Gasteiger partial charge in [0.1, 0.15) is 11.5 Å². The summed E-state index contributed by atoms with van der Waals surface area (Å²) >= 11 is 5.73. The highest BCUT2D eigenvalue weighted by Gasteiger charge is 2.30. The van der Waals surface area contributed by atoms with Crippen LogP contribution in [0, 0.1) is 0 Å². The predicted octanol–water partition coefficient (Wildman–Crippen LogP) is 4.63. The predicted molar refractivity (Wildman–Crippen MR) is 65.3 cm³/mol. The molecule has 2 nitrogen and oxygen atoms in total. The van der Waals surface area contributed by atoms with Crippen molar-refractivity contribution < 1.29 is 17.9 Å². The smallest absolute Gasteiger partial charge is 0.416 e. The minimum atomic E-state index is -4.35. The summed E-state index contributed by atoms with van der Waals surface area (Å²) in [4.78, 5) is 3.88. The normalized spacial score (nSPS) is 11.4. The van der Waals surface area contributed by atoms with Crippen LogP contribution in [0.2, 0.25) is 0 Å². The van der Waals surface area contributed by atoms with Crippen LogP contribution in [0.4, 0.5) is 13.2 Å². The van der Waals surface area contributed by atoms with Gasteiger partial charge in [0.2, 0.25) is 0 Å². The molecule has 0 aliphatic heterocycles. The molecule has 0 aliphatic carbocycles. The van der Waals surface area contributed by atoms with Gasteiger partial charge in [-0.25, -0.2) is 0 Å². The van der Waals surface area contributed by atoms with E-state index in [0.29, 0.717) is 11.5 Å². The van der Waals surface area contributed by atoms with Gasteiger partial charge in [-0.05, 0) is 30.3 Å². The Labute approximate surface area is 112 Å². The summed E-state index contributed by atoms with van der Waals surface area (Å²) in [7, 11) is 0. The molecule has 0 aliphatic rings. The zero-order valence-electron chi connectivity index (χ0n) is 9.62. The number of nitrogens with zero attached hydrogens (tertiary/aromatic N) is 1. The van der Waals surface area contributed by atoms with E-state index in [9.17, 15) is 13.2 Å². The second-order valence-electron chi connectivity index (χ2n) is 3.74. The van der Waals surface area contributed by atoms with Crippen molar-refractivity contribution in [2.24, 2.45) is 0 Å². The van der Waals surface area contributed by atoms with Gasteiger partial charge in [-0.15, -0.1) is 11.6 Å². The molecule has 0 N–H and O–H groups in total. The van der Waals surface area contributed by atoms with Crippen LogP contribution < -0.4 is 4.74 Å². The Balaban J connectivity index is 2.20. The first kappa shape index (κ1) is 13.7. The average Bonchev–Trinajstić information content (AvgIpc) is 2.39. The standard InChI is InChI=1S/C13H9ClF3NO/c14-7-9-5-6-18-8-12(9)19-11-3-1-10(2-4-11)13(15,16)17/h1-6,8H,7H2. The van der Waals surface area contributed by atoms with E-state index >= 15 is 0 Å². The summed E-state index contributed by atoms with van der Waals surface area (Å²) in [6, 6.07) is 6.13. The Morgan fingerprint density at radius 2 is 1.79 bits per heavy atom. The first-order chi connectivity index (χ1) is 9.00. The fourth-order valence-corrected chi connectivity index (χ4v) is 1.67.